The molecule has 2 unspecified atom stereocenters. The summed E-state index contributed by atoms with van der Waals surface area (Å²) in [6, 6.07) is 8.96. The molecule has 1 aliphatic heterocycles. The van der Waals surface area contributed by atoms with Gasteiger partial charge in [0.25, 0.3) is 0 Å². The third-order valence-electron chi connectivity index (χ3n) is 3.98. The zero-order valence-electron chi connectivity index (χ0n) is 13.3. The van der Waals surface area contributed by atoms with E-state index in [-0.39, 0.29) is 0 Å². The molecule has 0 N–H and O–H groups in total. The Labute approximate surface area is 123 Å². The van der Waals surface area contributed by atoms with E-state index in [1.165, 1.54) is 24.0 Å². The van der Waals surface area contributed by atoms with Gasteiger partial charge in [-0.1, -0.05) is 58.4 Å². The summed E-state index contributed by atoms with van der Waals surface area (Å²) in [7, 11) is 0. The molecule has 1 aromatic carbocycles. The zero-order chi connectivity index (χ0) is 14.6. The van der Waals surface area contributed by atoms with Gasteiger partial charge in [0.15, 0.2) is 0 Å². The minimum absolute atomic E-state index is 0.317. The fourth-order valence-corrected chi connectivity index (χ4v) is 2.71. The van der Waals surface area contributed by atoms with Crippen molar-refractivity contribution in [3.05, 3.63) is 35.4 Å². The number of epoxide rings is 1. The topological polar surface area (TPSA) is 21.8 Å². The molecule has 2 heteroatoms. The Morgan fingerprint density at radius 2 is 1.90 bits per heavy atom. The van der Waals surface area contributed by atoms with Gasteiger partial charge in [-0.2, -0.15) is 0 Å². The van der Waals surface area contributed by atoms with Crippen molar-refractivity contribution in [2.24, 2.45) is 5.41 Å². The van der Waals surface area contributed by atoms with Crippen molar-refractivity contribution in [1.29, 1.82) is 0 Å². The van der Waals surface area contributed by atoms with Gasteiger partial charge >= 0.3 is 0 Å². The van der Waals surface area contributed by atoms with Crippen molar-refractivity contribution in [3.63, 3.8) is 0 Å². The SMILES string of the molecule is CCCC(c1ccc(COCC2CO2)cc1)C(C)(C)C. The minimum atomic E-state index is 0.317. The van der Waals surface area contributed by atoms with Gasteiger partial charge in [0.2, 0.25) is 0 Å². The largest absolute Gasteiger partial charge is 0.374 e. The smallest absolute Gasteiger partial charge is 0.104 e. The molecule has 2 atom stereocenters. The molecule has 1 aliphatic rings. The van der Waals surface area contributed by atoms with Crippen molar-refractivity contribution in [2.75, 3.05) is 13.2 Å². The lowest BCUT2D eigenvalue weighted by atomic mass is 9.74. The van der Waals surface area contributed by atoms with E-state index >= 15 is 0 Å². The summed E-state index contributed by atoms with van der Waals surface area (Å²) >= 11 is 0. The number of hydrogen-bond donors (Lipinski definition) is 0. The van der Waals surface area contributed by atoms with Gasteiger partial charge in [-0.3, -0.25) is 0 Å². The van der Waals surface area contributed by atoms with Crippen LogP contribution in [-0.4, -0.2) is 19.3 Å². The van der Waals surface area contributed by atoms with Crippen LogP contribution in [0.4, 0.5) is 0 Å². The summed E-state index contributed by atoms with van der Waals surface area (Å²) in [5, 5.41) is 0. The molecule has 1 heterocycles. The molecule has 2 nitrogen and oxygen atoms in total. The predicted molar refractivity (Wildman–Crippen MR) is 82.9 cm³/mol. The highest BCUT2D eigenvalue weighted by Gasteiger charge is 2.25. The highest BCUT2D eigenvalue weighted by Crippen LogP contribution is 2.38. The highest BCUT2D eigenvalue weighted by molar-refractivity contribution is 5.26. The van der Waals surface area contributed by atoms with Crippen LogP contribution >= 0.6 is 0 Å². The van der Waals surface area contributed by atoms with Gasteiger partial charge < -0.3 is 9.47 Å². The molecule has 0 aliphatic carbocycles. The second kappa shape index (κ2) is 6.73. The molecule has 112 valence electrons. The number of hydrogen-bond acceptors (Lipinski definition) is 2. The quantitative estimate of drug-likeness (QED) is 0.682. The third kappa shape index (κ3) is 4.60. The summed E-state index contributed by atoms with van der Waals surface area (Å²) in [4.78, 5) is 0. The maximum absolute atomic E-state index is 5.63. The van der Waals surface area contributed by atoms with E-state index in [9.17, 15) is 0 Å². The van der Waals surface area contributed by atoms with Crippen molar-refractivity contribution in [3.8, 4) is 0 Å². The molecular formula is C18H28O2. The van der Waals surface area contributed by atoms with Crippen molar-refractivity contribution < 1.29 is 9.47 Å². The Morgan fingerprint density at radius 1 is 1.25 bits per heavy atom. The van der Waals surface area contributed by atoms with Crippen molar-refractivity contribution in [1.82, 2.24) is 0 Å². The molecular weight excluding hydrogens is 248 g/mol. The molecule has 0 amide bonds. The van der Waals surface area contributed by atoms with Crippen LogP contribution in [0.1, 0.15) is 57.6 Å². The maximum atomic E-state index is 5.63. The first-order chi connectivity index (χ1) is 9.50. The number of rotatable bonds is 7. The molecule has 0 bridgehead atoms. The lowest BCUT2D eigenvalue weighted by Gasteiger charge is -2.31. The average molecular weight is 276 g/mol. The predicted octanol–water partition coefficient (Wildman–Crippen LogP) is 4.53. The van der Waals surface area contributed by atoms with E-state index in [1.54, 1.807) is 0 Å². The van der Waals surface area contributed by atoms with E-state index in [2.05, 4.69) is 52.0 Å². The molecule has 1 saturated heterocycles. The van der Waals surface area contributed by atoms with Crippen LogP contribution in [0, 0.1) is 5.41 Å². The Balaban J connectivity index is 1.93. The molecule has 20 heavy (non-hydrogen) atoms. The van der Waals surface area contributed by atoms with Crippen LogP contribution in [-0.2, 0) is 16.1 Å². The normalized spacial score (nSPS) is 19.9. The fraction of sp³-hybridized carbons (Fsp3) is 0.667. The molecule has 0 saturated carbocycles. The fourth-order valence-electron chi connectivity index (χ4n) is 2.71. The molecule has 1 aromatic rings. The first-order valence-electron chi connectivity index (χ1n) is 7.79. The highest BCUT2D eigenvalue weighted by atomic mass is 16.6. The number of benzene rings is 1. The summed E-state index contributed by atoms with van der Waals surface area (Å²) < 4.78 is 10.8. The summed E-state index contributed by atoms with van der Waals surface area (Å²) in [6.07, 6.45) is 2.83. The van der Waals surface area contributed by atoms with Crippen molar-refractivity contribution >= 4 is 0 Å². The summed E-state index contributed by atoms with van der Waals surface area (Å²) in [5.74, 6) is 0.627. The van der Waals surface area contributed by atoms with Gasteiger partial charge in [0.05, 0.1) is 19.8 Å². The van der Waals surface area contributed by atoms with E-state index in [0.29, 0.717) is 24.0 Å². The molecule has 0 spiro atoms. The van der Waals surface area contributed by atoms with Crippen molar-refractivity contribution in [2.45, 2.75) is 59.2 Å². The lowest BCUT2D eigenvalue weighted by Crippen LogP contribution is -2.18. The van der Waals surface area contributed by atoms with E-state index in [0.717, 1.165) is 13.2 Å². The van der Waals surface area contributed by atoms with E-state index in [1.807, 2.05) is 0 Å². The van der Waals surface area contributed by atoms with Gasteiger partial charge in [-0.05, 0) is 28.9 Å². The van der Waals surface area contributed by atoms with Crippen LogP contribution in [0.25, 0.3) is 0 Å². The van der Waals surface area contributed by atoms with E-state index in [4.69, 9.17) is 9.47 Å². The van der Waals surface area contributed by atoms with Crippen LogP contribution < -0.4 is 0 Å². The van der Waals surface area contributed by atoms with Gasteiger partial charge in [0, 0.05) is 0 Å². The van der Waals surface area contributed by atoms with Crippen LogP contribution in [0.15, 0.2) is 24.3 Å². The average Bonchev–Trinajstić information content (AvgIpc) is 3.20. The molecule has 0 radical (unpaired) electrons. The molecule has 2 rings (SSSR count). The van der Waals surface area contributed by atoms with E-state index < -0.39 is 0 Å². The Bertz CT molecular complexity index is 398. The zero-order valence-corrected chi connectivity index (χ0v) is 13.3. The second-order valence-electron chi connectivity index (χ2n) is 6.92. The van der Waals surface area contributed by atoms with Crippen LogP contribution in [0.2, 0.25) is 0 Å². The summed E-state index contributed by atoms with van der Waals surface area (Å²) in [5.41, 5.74) is 3.02. The maximum Gasteiger partial charge on any atom is 0.104 e. The molecule has 1 fully saturated rings. The first-order valence-corrected chi connectivity index (χ1v) is 7.79. The van der Waals surface area contributed by atoms with Crippen LogP contribution in [0.3, 0.4) is 0 Å². The van der Waals surface area contributed by atoms with Gasteiger partial charge in [-0.15, -0.1) is 0 Å². The molecule has 0 aromatic heterocycles. The minimum Gasteiger partial charge on any atom is -0.374 e. The monoisotopic (exact) mass is 276 g/mol. The summed E-state index contributed by atoms with van der Waals surface area (Å²) in [6.45, 7) is 11.5. The Morgan fingerprint density at radius 3 is 2.40 bits per heavy atom. The number of ether oxygens (including phenoxy) is 2. The van der Waals surface area contributed by atoms with Crippen LogP contribution in [0.5, 0.6) is 0 Å². The lowest BCUT2D eigenvalue weighted by molar-refractivity contribution is 0.104. The first kappa shape index (κ1) is 15.5. The third-order valence-corrected chi connectivity index (χ3v) is 3.98. The Kier molecular flexibility index (Phi) is 5.22. The Hall–Kier alpha value is -0.860. The van der Waals surface area contributed by atoms with Gasteiger partial charge in [-0.25, -0.2) is 0 Å². The van der Waals surface area contributed by atoms with Gasteiger partial charge in [0.1, 0.15) is 6.10 Å². The standard InChI is InChI=1S/C18H28O2/c1-5-6-17(18(2,3)4)15-9-7-14(8-10-15)11-19-12-16-13-20-16/h7-10,16-17H,5-6,11-13H2,1-4H3. The second-order valence-corrected chi connectivity index (χ2v) is 6.92.